The van der Waals surface area contributed by atoms with Crippen molar-refractivity contribution >= 4 is 26.8 Å². The highest BCUT2D eigenvalue weighted by Crippen LogP contribution is 2.27. The summed E-state index contributed by atoms with van der Waals surface area (Å²) in [5.74, 6) is -0.0657. The van der Waals surface area contributed by atoms with Gasteiger partial charge >= 0.3 is 5.82 Å². The lowest BCUT2D eigenvalue weighted by molar-refractivity contribution is -0.735. The first-order valence-corrected chi connectivity index (χ1v) is 11.5. The Bertz CT molecular complexity index is 1710. The van der Waals surface area contributed by atoms with Crippen LogP contribution in [0.5, 0.6) is 0 Å². The smallest absolute Gasteiger partial charge is 0.341 e. The maximum absolute atomic E-state index is 12.0. The molecule has 0 bridgehead atoms. The second-order valence-corrected chi connectivity index (χ2v) is 8.81. The summed E-state index contributed by atoms with van der Waals surface area (Å²) < 4.78 is 39.3. The first-order chi connectivity index (χ1) is 16.8. The van der Waals surface area contributed by atoms with Crippen LogP contribution in [-0.4, -0.2) is 38.0 Å². The molecule has 5 rings (SSSR count). The summed E-state index contributed by atoms with van der Waals surface area (Å²) in [6, 6.07) is 16.5. The quantitative estimate of drug-likeness (QED) is 0.156. The molecule has 0 amide bonds. The summed E-state index contributed by atoms with van der Waals surface area (Å²) in [4.78, 5) is 12.8. The van der Waals surface area contributed by atoms with Crippen molar-refractivity contribution in [2.24, 2.45) is 0 Å². The maximum atomic E-state index is 12.0. The highest BCUT2D eigenvalue weighted by Gasteiger charge is 2.30. The molecule has 0 radical (unpaired) electrons. The number of nitrogens with zero attached hydrogens (tertiary/aromatic N) is 5. The van der Waals surface area contributed by atoms with E-state index in [1.165, 1.54) is 52.3 Å². The zero-order valence-electron chi connectivity index (χ0n) is 17.7. The Balaban J connectivity index is 1.82. The van der Waals surface area contributed by atoms with E-state index < -0.39 is 26.5 Å². The van der Waals surface area contributed by atoms with Crippen molar-refractivity contribution in [3.63, 3.8) is 0 Å². The molecule has 0 atom stereocenters. The molecule has 0 aliphatic carbocycles. The summed E-state index contributed by atoms with van der Waals surface area (Å²) in [6.07, 6.45) is 1.50. The summed E-state index contributed by atoms with van der Waals surface area (Å²) in [5, 5.41) is 30.9. The van der Waals surface area contributed by atoms with Crippen molar-refractivity contribution in [2.45, 2.75) is 11.5 Å². The molecule has 0 unspecified atom stereocenters. The van der Waals surface area contributed by atoms with Crippen molar-refractivity contribution in [1.29, 1.82) is 0 Å². The van der Waals surface area contributed by atoms with Crippen molar-refractivity contribution in [3.8, 4) is 22.8 Å². The minimum atomic E-state index is -4.60. The largest absolute Gasteiger partial charge is 0.462 e. The van der Waals surface area contributed by atoms with Gasteiger partial charge in [0.1, 0.15) is 4.90 Å². The van der Waals surface area contributed by atoms with Gasteiger partial charge in [-0.15, -0.1) is 0 Å². The molecule has 0 aliphatic rings. The SMILES string of the molecule is O=[N+]([O-])c1ccc(-[n+]2nc(-c3ccccc3S(=O)(=O)O)nn2-c2cccc3ccoc23)c(CO)c1. The van der Waals surface area contributed by atoms with E-state index >= 15 is 0 Å². The van der Waals surface area contributed by atoms with Crippen molar-refractivity contribution in [3.05, 3.63) is 88.7 Å². The number of nitro groups is 1. The minimum absolute atomic E-state index is 0.0292. The van der Waals surface area contributed by atoms with Crippen LogP contribution in [0.4, 0.5) is 5.69 Å². The van der Waals surface area contributed by atoms with Gasteiger partial charge in [0.25, 0.3) is 15.8 Å². The number of aromatic nitrogens is 4. The average molecular weight is 494 g/mol. The van der Waals surface area contributed by atoms with E-state index in [0.717, 1.165) is 5.39 Å². The van der Waals surface area contributed by atoms with Crippen molar-refractivity contribution < 1.29 is 32.2 Å². The van der Waals surface area contributed by atoms with Crippen LogP contribution in [0, 0.1) is 10.1 Å². The molecule has 12 nitrogen and oxygen atoms in total. The Kier molecular flexibility index (Phi) is 5.36. The van der Waals surface area contributed by atoms with Gasteiger partial charge in [-0.1, -0.05) is 24.3 Å². The van der Waals surface area contributed by atoms with Crippen molar-refractivity contribution in [2.75, 3.05) is 0 Å². The van der Waals surface area contributed by atoms with Crippen molar-refractivity contribution in [1.82, 2.24) is 15.0 Å². The molecule has 0 aliphatic heterocycles. The number of fused-ring (bicyclic) bond motifs is 1. The lowest BCUT2D eigenvalue weighted by atomic mass is 10.1. The number of hydrogen-bond acceptors (Lipinski definition) is 8. The Labute approximate surface area is 197 Å². The minimum Gasteiger partial charge on any atom is -0.462 e. The fourth-order valence-electron chi connectivity index (χ4n) is 3.72. The first kappa shape index (κ1) is 22.3. The van der Waals surface area contributed by atoms with E-state index in [1.54, 1.807) is 24.3 Å². The van der Waals surface area contributed by atoms with E-state index in [0.29, 0.717) is 11.3 Å². The summed E-state index contributed by atoms with van der Waals surface area (Å²) >= 11 is 0. The summed E-state index contributed by atoms with van der Waals surface area (Å²) in [7, 11) is -4.60. The van der Waals surface area contributed by atoms with Gasteiger partial charge in [-0.05, 0) is 40.2 Å². The Hall–Kier alpha value is -4.46. The highest BCUT2D eigenvalue weighted by molar-refractivity contribution is 7.86. The zero-order valence-corrected chi connectivity index (χ0v) is 18.5. The molecule has 0 saturated heterocycles. The van der Waals surface area contributed by atoms with E-state index in [2.05, 4.69) is 10.2 Å². The number of tetrazole rings is 1. The van der Waals surface area contributed by atoms with Crippen LogP contribution >= 0.6 is 0 Å². The van der Waals surface area contributed by atoms with Crippen LogP contribution in [0.15, 0.2) is 82.3 Å². The third-order valence-electron chi connectivity index (χ3n) is 5.30. The van der Waals surface area contributed by atoms with E-state index in [4.69, 9.17) is 4.42 Å². The fourth-order valence-corrected chi connectivity index (χ4v) is 4.41. The molecule has 0 fully saturated rings. The number of non-ortho nitro benzene ring substituents is 1. The molecule has 2 heterocycles. The number of aliphatic hydroxyl groups is 1. The van der Waals surface area contributed by atoms with Gasteiger partial charge in [0.05, 0.1) is 28.5 Å². The highest BCUT2D eigenvalue weighted by atomic mass is 32.2. The molecule has 176 valence electrons. The molecule has 13 heteroatoms. The Morgan fingerprint density at radius 1 is 1.09 bits per heavy atom. The predicted octanol–water partition coefficient (Wildman–Crippen LogP) is 2.60. The number of aliphatic hydroxyl groups excluding tert-OH is 1. The van der Waals surface area contributed by atoms with Gasteiger partial charge in [-0.3, -0.25) is 14.7 Å². The van der Waals surface area contributed by atoms with E-state index in [-0.39, 0.29) is 28.3 Å². The van der Waals surface area contributed by atoms with Gasteiger partial charge in [-0.25, -0.2) is 0 Å². The molecule has 2 N–H and O–H groups in total. The zero-order chi connectivity index (χ0) is 24.7. The van der Waals surface area contributed by atoms with Gasteiger partial charge in [0.2, 0.25) is 0 Å². The maximum Gasteiger partial charge on any atom is 0.341 e. The monoisotopic (exact) mass is 494 g/mol. The standard InChI is InChI=1S/C22H15N5O7S/c28-13-15-12-16(27(29)30)8-9-18(15)25-23-22(17-5-1-2-7-20(17)35(31,32)33)24-26(25)19-6-3-4-14-10-11-34-21(14)19/h1-12,28H,13H2/p+1. The lowest BCUT2D eigenvalue weighted by Gasteiger charge is -2.04. The predicted molar refractivity (Wildman–Crippen MR) is 120 cm³/mol. The summed E-state index contributed by atoms with van der Waals surface area (Å²) in [5.41, 5.74) is 1.12. The Morgan fingerprint density at radius 2 is 1.89 bits per heavy atom. The van der Waals surface area contributed by atoms with E-state index in [1.807, 2.05) is 6.07 Å². The van der Waals surface area contributed by atoms with Gasteiger partial charge in [-0.2, -0.15) is 8.42 Å². The Morgan fingerprint density at radius 3 is 2.63 bits per heavy atom. The molecule has 35 heavy (non-hydrogen) atoms. The number of rotatable bonds is 6. The van der Waals surface area contributed by atoms with Crippen LogP contribution in [0.2, 0.25) is 0 Å². The lowest BCUT2D eigenvalue weighted by Crippen LogP contribution is -2.44. The summed E-state index contributed by atoms with van der Waals surface area (Å²) in [6.45, 7) is -0.543. The molecule has 3 aromatic carbocycles. The first-order valence-electron chi connectivity index (χ1n) is 10.1. The van der Waals surface area contributed by atoms with Gasteiger partial charge in [0, 0.05) is 27.9 Å². The number of nitro benzene ring substituents is 1. The third kappa shape index (κ3) is 3.93. The molecule has 0 saturated carbocycles. The molecule has 5 aromatic rings. The third-order valence-corrected chi connectivity index (χ3v) is 6.21. The molecular weight excluding hydrogens is 478 g/mol. The molecule has 2 aromatic heterocycles. The van der Waals surface area contributed by atoms with Crippen LogP contribution in [0.3, 0.4) is 0 Å². The van der Waals surface area contributed by atoms with Gasteiger partial charge < -0.3 is 9.52 Å². The number of benzene rings is 3. The van der Waals surface area contributed by atoms with E-state index in [9.17, 15) is 28.2 Å². The second-order valence-electron chi connectivity index (χ2n) is 7.42. The van der Waals surface area contributed by atoms with Crippen LogP contribution in [-0.2, 0) is 16.7 Å². The number of para-hydroxylation sites is 1. The topological polar surface area (TPSA) is 165 Å². The number of hydrogen-bond donors (Lipinski definition) is 2. The normalized spacial score (nSPS) is 11.7. The molecular formula is C22H16N5O7S+. The molecule has 0 spiro atoms. The van der Waals surface area contributed by atoms with Crippen LogP contribution in [0.25, 0.3) is 33.7 Å². The van der Waals surface area contributed by atoms with Crippen LogP contribution < -0.4 is 4.80 Å². The fraction of sp³-hybridized carbons (Fsp3) is 0.0455. The second kappa shape index (κ2) is 8.39. The van der Waals surface area contributed by atoms with Crippen LogP contribution in [0.1, 0.15) is 5.56 Å². The average Bonchev–Trinajstić information content (AvgIpc) is 3.50. The number of furan rings is 1. The van der Waals surface area contributed by atoms with Gasteiger partial charge in [0.15, 0.2) is 17.0 Å².